The van der Waals surface area contributed by atoms with E-state index < -0.39 is 17.9 Å². The highest BCUT2D eigenvalue weighted by atomic mass is 16.2. The van der Waals surface area contributed by atoms with Gasteiger partial charge in [0.1, 0.15) is 0 Å². The van der Waals surface area contributed by atoms with Gasteiger partial charge in [-0.2, -0.15) is 0 Å². The molecule has 4 atom stereocenters. The lowest BCUT2D eigenvalue weighted by Crippen LogP contribution is -2.46. The van der Waals surface area contributed by atoms with Crippen LogP contribution < -0.4 is 4.90 Å². The Hall–Kier alpha value is -2.79. The summed E-state index contributed by atoms with van der Waals surface area (Å²) in [5, 5.41) is 0. The van der Waals surface area contributed by atoms with Crippen LogP contribution in [0.1, 0.15) is 28.8 Å². The van der Waals surface area contributed by atoms with Gasteiger partial charge in [-0.25, -0.2) is 4.90 Å². The van der Waals surface area contributed by atoms with Gasteiger partial charge in [-0.1, -0.05) is 48.0 Å². The summed E-state index contributed by atoms with van der Waals surface area (Å²) in [6.07, 6.45) is 1.82. The van der Waals surface area contributed by atoms with Crippen molar-refractivity contribution in [1.29, 1.82) is 0 Å². The van der Waals surface area contributed by atoms with Crippen LogP contribution in [0.4, 0.5) is 5.69 Å². The minimum absolute atomic E-state index is 0.0189. The molecule has 0 spiro atoms. The second kappa shape index (κ2) is 6.38. The van der Waals surface area contributed by atoms with Crippen molar-refractivity contribution in [2.75, 3.05) is 11.4 Å². The van der Waals surface area contributed by atoms with Crippen molar-refractivity contribution in [3.8, 4) is 0 Å². The standard InChI is InChI=1S/C23H22N2O3/c1-14-9-11-16(12-10-14)25-22(27)18-17-8-5-13-24(17)20(19(18)23(25)28)21(26)15-6-3-2-4-7-15/h2-4,6-7,9-12,17-20H,5,8,13H2,1H3/t17-,18-,19-,20+/m1/s1. The topological polar surface area (TPSA) is 57.7 Å². The van der Waals surface area contributed by atoms with Crippen LogP contribution in [-0.2, 0) is 9.59 Å². The number of rotatable bonds is 3. The Balaban J connectivity index is 1.55. The monoisotopic (exact) mass is 374 g/mol. The normalized spacial score (nSPS) is 29.2. The molecule has 0 saturated carbocycles. The highest BCUT2D eigenvalue weighted by Crippen LogP contribution is 2.48. The third-order valence-electron chi connectivity index (χ3n) is 6.47. The van der Waals surface area contributed by atoms with Crippen molar-refractivity contribution in [3.05, 3.63) is 65.7 Å². The molecule has 0 N–H and O–H groups in total. The number of nitrogens with zero attached hydrogens (tertiary/aromatic N) is 2. The van der Waals surface area contributed by atoms with Gasteiger partial charge in [-0.05, 0) is 38.4 Å². The summed E-state index contributed by atoms with van der Waals surface area (Å²) in [6.45, 7) is 2.74. The average molecular weight is 374 g/mol. The number of benzene rings is 2. The minimum atomic E-state index is -0.591. The molecular formula is C23H22N2O3. The van der Waals surface area contributed by atoms with Gasteiger partial charge in [0.15, 0.2) is 5.78 Å². The molecule has 3 aliphatic rings. The SMILES string of the molecule is Cc1ccc(N2C(=O)[C@@H]3[C@H](C2=O)[C@H]2CCCN2[C@@H]3C(=O)c2ccccc2)cc1. The van der Waals surface area contributed by atoms with E-state index >= 15 is 0 Å². The maximum Gasteiger partial charge on any atom is 0.239 e. The maximum absolute atomic E-state index is 13.4. The predicted molar refractivity (Wildman–Crippen MR) is 105 cm³/mol. The Morgan fingerprint density at radius 1 is 0.929 bits per heavy atom. The fourth-order valence-electron chi connectivity index (χ4n) is 5.24. The lowest BCUT2D eigenvalue weighted by atomic mass is 9.85. The number of anilines is 1. The van der Waals surface area contributed by atoms with Crippen molar-refractivity contribution in [2.45, 2.75) is 31.8 Å². The molecule has 5 rings (SSSR count). The van der Waals surface area contributed by atoms with Gasteiger partial charge in [-0.15, -0.1) is 0 Å². The summed E-state index contributed by atoms with van der Waals surface area (Å²) in [7, 11) is 0. The number of carbonyl (C=O) groups excluding carboxylic acids is 3. The zero-order valence-electron chi connectivity index (χ0n) is 15.7. The molecule has 3 heterocycles. The number of hydrogen-bond acceptors (Lipinski definition) is 4. The molecule has 2 aromatic rings. The van der Waals surface area contributed by atoms with Crippen molar-refractivity contribution in [3.63, 3.8) is 0 Å². The van der Waals surface area contributed by atoms with E-state index in [0.29, 0.717) is 11.3 Å². The lowest BCUT2D eigenvalue weighted by molar-refractivity contribution is -0.123. The van der Waals surface area contributed by atoms with Gasteiger partial charge >= 0.3 is 0 Å². The predicted octanol–water partition coefficient (Wildman–Crippen LogP) is 2.83. The third kappa shape index (κ3) is 2.39. The summed E-state index contributed by atoms with van der Waals surface area (Å²) < 4.78 is 0. The van der Waals surface area contributed by atoms with Crippen LogP contribution in [0.3, 0.4) is 0 Å². The molecule has 0 bridgehead atoms. The Labute approximate surface area is 163 Å². The number of imide groups is 1. The number of carbonyl (C=O) groups is 3. The zero-order chi connectivity index (χ0) is 19.4. The van der Waals surface area contributed by atoms with Crippen molar-refractivity contribution < 1.29 is 14.4 Å². The van der Waals surface area contributed by atoms with Crippen LogP contribution in [0.5, 0.6) is 0 Å². The van der Waals surface area contributed by atoms with Gasteiger partial charge in [0.2, 0.25) is 11.8 Å². The quantitative estimate of drug-likeness (QED) is 0.612. The van der Waals surface area contributed by atoms with Gasteiger partial charge in [0.05, 0.1) is 23.6 Å². The molecule has 5 nitrogen and oxygen atoms in total. The molecule has 5 heteroatoms. The first kappa shape index (κ1) is 17.3. The van der Waals surface area contributed by atoms with Gasteiger partial charge in [0.25, 0.3) is 0 Å². The second-order valence-electron chi connectivity index (χ2n) is 8.02. The van der Waals surface area contributed by atoms with E-state index in [1.807, 2.05) is 49.4 Å². The summed E-state index contributed by atoms with van der Waals surface area (Å²) in [5.41, 5.74) is 2.28. The number of fused-ring (bicyclic) bond motifs is 3. The van der Waals surface area contributed by atoms with Crippen molar-refractivity contribution >= 4 is 23.3 Å². The van der Waals surface area contributed by atoms with E-state index in [1.54, 1.807) is 12.1 Å². The molecule has 0 aliphatic carbocycles. The van der Waals surface area contributed by atoms with E-state index in [0.717, 1.165) is 24.9 Å². The number of ketones is 1. The van der Waals surface area contributed by atoms with E-state index in [-0.39, 0.29) is 23.6 Å². The number of amides is 2. The fourth-order valence-corrected chi connectivity index (χ4v) is 5.24. The van der Waals surface area contributed by atoms with E-state index in [2.05, 4.69) is 4.90 Å². The van der Waals surface area contributed by atoms with E-state index in [9.17, 15) is 14.4 Å². The number of hydrogen-bond donors (Lipinski definition) is 0. The van der Waals surface area contributed by atoms with E-state index in [4.69, 9.17) is 0 Å². The fraction of sp³-hybridized carbons (Fsp3) is 0.348. The number of Topliss-reactive ketones (excluding diaryl/α,β-unsaturated/α-hetero) is 1. The Kier molecular flexibility index (Phi) is 3.95. The van der Waals surface area contributed by atoms with Crippen molar-refractivity contribution in [2.24, 2.45) is 11.8 Å². The first-order valence-corrected chi connectivity index (χ1v) is 9.87. The summed E-state index contributed by atoms with van der Waals surface area (Å²) in [4.78, 5) is 43.5. The zero-order valence-corrected chi connectivity index (χ0v) is 15.7. The largest absolute Gasteiger partial charge is 0.292 e. The molecule has 0 radical (unpaired) electrons. The molecule has 0 aromatic heterocycles. The third-order valence-corrected chi connectivity index (χ3v) is 6.47. The molecule has 3 fully saturated rings. The smallest absolute Gasteiger partial charge is 0.239 e. The van der Waals surface area contributed by atoms with Gasteiger partial charge in [-0.3, -0.25) is 19.3 Å². The Morgan fingerprint density at radius 2 is 1.61 bits per heavy atom. The highest BCUT2D eigenvalue weighted by molar-refractivity contribution is 6.24. The maximum atomic E-state index is 13.4. The average Bonchev–Trinajstić information content (AvgIpc) is 3.35. The van der Waals surface area contributed by atoms with Crippen molar-refractivity contribution in [1.82, 2.24) is 4.90 Å². The van der Waals surface area contributed by atoms with Crippen LogP contribution in [0.2, 0.25) is 0 Å². The summed E-state index contributed by atoms with van der Waals surface area (Å²) >= 11 is 0. The number of aryl methyl sites for hydroxylation is 1. The summed E-state index contributed by atoms with van der Waals surface area (Å²) in [5.74, 6) is -1.45. The molecule has 2 aromatic carbocycles. The van der Waals surface area contributed by atoms with Crippen LogP contribution >= 0.6 is 0 Å². The lowest BCUT2D eigenvalue weighted by Gasteiger charge is -2.27. The summed E-state index contributed by atoms with van der Waals surface area (Å²) in [6, 6.07) is 16.0. The molecule has 142 valence electrons. The molecule has 3 saturated heterocycles. The Bertz CT molecular complexity index is 954. The first-order valence-electron chi connectivity index (χ1n) is 9.87. The second-order valence-corrected chi connectivity index (χ2v) is 8.02. The molecule has 3 aliphatic heterocycles. The van der Waals surface area contributed by atoms with Crippen LogP contribution in [0.25, 0.3) is 0 Å². The minimum Gasteiger partial charge on any atom is -0.292 e. The van der Waals surface area contributed by atoms with Crippen LogP contribution in [0.15, 0.2) is 54.6 Å². The highest BCUT2D eigenvalue weighted by Gasteiger charge is 2.64. The van der Waals surface area contributed by atoms with E-state index in [1.165, 1.54) is 4.90 Å². The molecule has 28 heavy (non-hydrogen) atoms. The molecule has 0 unspecified atom stereocenters. The van der Waals surface area contributed by atoms with Gasteiger partial charge in [0, 0.05) is 11.6 Å². The van der Waals surface area contributed by atoms with Gasteiger partial charge < -0.3 is 0 Å². The van der Waals surface area contributed by atoms with Crippen LogP contribution in [-0.4, -0.2) is 41.1 Å². The van der Waals surface area contributed by atoms with Crippen LogP contribution in [0, 0.1) is 18.8 Å². The first-order chi connectivity index (χ1) is 13.6. The Morgan fingerprint density at radius 3 is 2.32 bits per heavy atom. The molecular weight excluding hydrogens is 352 g/mol. The molecule has 2 amide bonds.